The van der Waals surface area contributed by atoms with E-state index in [1.165, 1.54) is 17.3 Å². The van der Waals surface area contributed by atoms with Crippen molar-refractivity contribution in [1.82, 2.24) is 30.4 Å². The van der Waals surface area contributed by atoms with Crippen LogP contribution in [0.5, 0.6) is 0 Å². The van der Waals surface area contributed by atoms with Crippen LogP contribution in [0.2, 0.25) is 0 Å². The monoisotopic (exact) mass is 503 g/mol. The summed E-state index contributed by atoms with van der Waals surface area (Å²) in [7, 11) is 0. The van der Waals surface area contributed by atoms with Gasteiger partial charge in [-0.1, -0.05) is 48.2 Å². The minimum Gasteiger partial charge on any atom is -0.336 e. The van der Waals surface area contributed by atoms with Crippen LogP contribution in [0.4, 0.5) is 5.95 Å². The van der Waals surface area contributed by atoms with E-state index in [2.05, 4.69) is 37.6 Å². The number of hydrogen-bond donors (Lipinski definition) is 2. The largest absolute Gasteiger partial charge is 0.336 e. The summed E-state index contributed by atoms with van der Waals surface area (Å²) in [6, 6.07) is 16.2. The number of carbonyl (C=O) groups excluding carboxylic acids is 2. The molecule has 3 aliphatic heterocycles. The molecule has 3 aromatic rings. The molecule has 1 aromatic carbocycles. The SMILES string of the molecule is O=C1C2CC3C(=O)N(c4nc(SCc5ccccc5)n[nH]4)CCC3NC2CCN1Cc1ccccn1. The lowest BCUT2D eigenvalue weighted by Gasteiger charge is -2.49. The Morgan fingerprint density at radius 1 is 0.944 bits per heavy atom. The zero-order valence-electron chi connectivity index (χ0n) is 19.9. The molecule has 0 saturated carbocycles. The van der Waals surface area contributed by atoms with Crippen LogP contribution < -0.4 is 10.2 Å². The van der Waals surface area contributed by atoms with E-state index in [9.17, 15) is 9.59 Å². The van der Waals surface area contributed by atoms with E-state index in [1.54, 1.807) is 11.1 Å². The van der Waals surface area contributed by atoms with E-state index in [0.717, 1.165) is 24.3 Å². The van der Waals surface area contributed by atoms with Crippen molar-refractivity contribution in [1.29, 1.82) is 0 Å². The first-order valence-corrected chi connectivity index (χ1v) is 13.5. The van der Waals surface area contributed by atoms with Gasteiger partial charge in [-0.25, -0.2) is 5.10 Å². The number of amides is 2. The van der Waals surface area contributed by atoms with Crippen LogP contribution in [0.1, 0.15) is 30.5 Å². The third kappa shape index (κ3) is 4.62. The highest BCUT2D eigenvalue weighted by molar-refractivity contribution is 7.98. The Kier molecular flexibility index (Phi) is 6.45. The van der Waals surface area contributed by atoms with Gasteiger partial charge in [0.2, 0.25) is 22.9 Å². The smallest absolute Gasteiger partial charge is 0.234 e. The molecule has 0 radical (unpaired) electrons. The summed E-state index contributed by atoms with van der Waals surface area (Å²) in [5, 5.41) is 11.6. The van der Waals surface area contributed by atoms with Gasteiger partial charge in [-0.2, -0.15) is 4.98 Å². The molecule has 2 amide bonds. The number of fused-ring (bicyclic) bond motifs is 2. The molecule has 186 valence electrons. The van der Waals surface area contributed by atoms with E-state index >= 15 is 0 Å². The van der Waals surface area contributed by atoms with Crippen LogP contribution >= 0.6 is 11.8 Å². The molecule has 0 aliphatic carbocycles. The number of nitrogens with zero attached hydrogens (tertiary/aromatic N) is 5. The zero-order valence-corrected chi connectivity index (χ0v) is 20.7. The number of pyridine rings is 1. The van der Waals surface area contributed by atoms with Crippen LogP contribution in [0.25, 0.3) is 0 Å². The molecular weight excluding hydrogens is 474 g/mol. The standard InChI is InChI=1S/C26H29N7O2S/c34-23-19-14-20-22(28-21(19)9-12-32(23)15-18-8-4-5-11-27-18)10-13-33(24(20)35)25-29-26(31-30-25)36-16-17-6-2-1-3-7-17/h1-8,11,19-22,28H,9-10,12-16H2,(H,29,30,31). The molecule has 4 unspecified atom stereocenters. The fourth-order valence-electron chi connectivity index (χ4n) is 5.64. The molecule has 3 aliphatic rings. The molecule has 3 saturated heterocycles. The summed E-state index contributed by atoms with van der Waals surface area (Å²) in [6.45, 7) is 1.81. The van der Waals surface area contributed by atoms with Gasteiger partial charge in [0.05, 0.1) is 24.1 Å². The number of aromatic nitrogens is 4. The lowest BCUT2D eigenvalue weighted by Crippen LogP contribution is -2.65. The second-order valence-electron chi connectivity index (χ2n) is 9.69. The number of carbonyl (C=O) groups is 2. The topological polar surface area (TPSA) is 107 Å². The summed E-state index contributed by atoms with van der Waals surface area (Å²) in [5.74, 6) is 0.946. The average Bonchev–Trinajstić information content (AvgIpc) is 3.39. The first-order chi connectivity index (χ1) is 17.7. The summed E-state index contributed by atoms with van der Waals surface area (Å²) in [4.78, 5) is 39.5. The van der Waals surface area contributed by atoms with Crippen molar-refractivity contribution in [2.75, 3.05) is 18.0 Å². The van der Waals surface area contributed by atoms with Crippen molar-refractivity contribution in [3.63, 3.8) is 0 Å². The molecule has 0 spiro atoms. The summed E-state index contributed by atoms with van der Waals surface area (Å²) < 4.78 is 0. The highest BCUT2D eigenvalue weighted by atomic mass is 32.2. The molecule has 36 heavy (non-hydrogen) atoms. The Bertz CT molecular complexity index is 1220. The average molecular weight is 504 g/mol. The maximum absolute atomic E-state index is 13.6. The molecule has 10 heteroatoms. The molecule has 0 bridgehead atoms. The first-order valence-electron chi connectivity index (χ1n) is 12.5. The molecule has 4 atom stereocenters. The van der Waals surface area contributed by atoms with Gasteiger partial charge >= 0.3 is 0 Å². The van der Waals surface area contributed by atoms with Gasteiger partial charge in [-0.3, -0.25) is 19.5 Å². The summed E-state index contributed by atoms with van der Waals surface area (Å²) >= 11 is 1.54. The Morgan fingerprint density at radius 2 is 1.72 bits per heavy atom. The molecule has 5 heterocycles. The predicted octanol–water partition coefficient (Wildman–Crippen LogP) is 2.62. The number of thioether (sulfide) groups is 1. The lowest BCUT2D eigenvalue weighted by atomic mass is 9.73. The quantitative estimate of drug-likeness (QED) is 0.498. The molecule has 9 nitrogen and oxygen atoms in total. The Hall–Kier alpha value is -3.24. The van der Waals surface area contributed by atoms with Gasteiger partial charge in [0, 0.05) is 37.1 Å². The fraction of sp³-hybridized carbons (Fsp3) is 0.423. The van der Waals surface area contributed by atoms with Gasteiger partial charge in [0.25, 0.3) is 0 Å². The Labute approximate surface area is 214 Å². The summed E-state index contributed by atoms with van der Waals surface area (Å²) in [5.41, 5.74) is 2.08. The van der Waals surface area contributed by atoms with Gasteiger partial charge in [-0.05, 0) is 37.0 Å². The number of anilines is 1. The number of H-pyrrole nitrogens is 1. The van der Waals surface area contributed by atoms with Crippen LogP contribution in [0.3, 0.4) is 0 Å². The second-order valence-corrected chi connectivity index (χ2v) is 10.6. The van der Waals surface area contributed by atoms with Crippen molar-refractivity contribution in [3.8, 4) is 0 Å². The molecule has 2 N–H and O–H groups in total. The fourth-order valence-corrected chi connectivity index (χ4v) is 6.39. The molecule has 3 fully saturated rings. The van der Waals surface area contributed by atoms with Crippen LogP contribution in [0, 0.1) is 11.8 Å². The third-order valence-electron chi connectivity index (χ3n) is 7.49. The number of aromatic amines is 1. The normalized spacial score (nSPS) is 26.0. The van der Waals surface area contributed by atoms with Crippen molar-refractivity contribution in [2.45, 2.75) is 48.8 Å². The lowest BCUT2D eigenvalue weighted by molar-refractivity contribution is -0.145. The number of benzene rings is 1. The van der Waals surface area contributed by atoms with E-state index < -0.39 is 0 Å². The zero-order chi connectivity index (χ0) is 24.5. The predicted molar refractivity (Wildman–Crippen MR) is 136 cm³/mol. The van der Waals surface area contributed by atoms with Crippen molar-refractivity contribution < 1.29 is 9.59 Å². The van der Waals surface area contributed by atoms with E-state index in [-0.39, 0.29) is 35.7 Å². The number of nitrogens with one attached hydrogen (secondary N) is 2. The minimum absolute atomic E-state index is 0.0163. The van der Waals surface area contributed by atoms with Gasteiger partial charge in [0.1, 0.15) is 0 Å². The summed E-state index contributed by atoms with van der Waals surface area (Å²) in [6.07, 6.45) is 4.05. The van der Waals surface area contributed by atoms with Gasteiger partial charge in [-0.15, -0.1) is 5.10 Å². The van der Waals surface area contributed by atoms with Crippen LogP contribution in [-0.4, -0.2) is 62.1 Å². The maximum Gasteiger partial charge on any atom is 0.234 e. The third-order valence-corrected chi connectivity index (χ3v) is 8.41. The highest BCUT2D eigenvalue weighted by Crippen LogP contribution is 2.37. The number of likely N-dealkylation sites (tertiary alicyclic amines) is 1. The second kappa shape index (κ2) is 10.0. The van der Waals surface area contributed by atoms with E-state index in [4.69, 9.17) is 0 Å². The van der Waals surface area contributed by atoms with Gasteiger partial charge in [0.15, 0.2) is 0 Å². The number of rotatable bonds is 6. The van der Waals surface area contributed by atoms with Crippen molar-refractivity contribution in [2.24, 2.45) is 11.8 Å². The number of hydrogen-bond acceptors (Lipinski definition) is 7. The van der Waals surface area contributed by atoms with Crippen LogP contribution in [0.15, 0.2) is 59.9 Å². The first kappa shape index (κ1) is 23.2. The Morgan fingerprint density at radius 3 is 2.53 bits per heavy atom. The molecule has 6 rings (SSSR count). The van der Waals surface area contributed by atoms with Crippen molar-refractivity contribution >= 4 is 29.5 Å². The molecule has 2 aromatic heterocycles. The molecular formula is C26H29N7O2S. The van der Waals surface area contributed by atoms with E-state index in [0.29, 0.717) is 37.2 Å². The Balaban J connectivity index is 1.11. The van der Waals surface area contributed by atoms with Gasteiger partial charge < -0.3 is 10.2 Å². The number of piperidine rings is 3. The highest BCUT2D eigenvalue weighted by Gasteiger charge is 2.49. The van der Waals surface area contributed by atoms with Crippen molar-refractivity contribution in [3.05, 3.63) is 66.0 Å². The minimum atomic E-state index is -0.246. The maximum atomic E-state index is 13.6. The van der Waals surface area contributed by atoms with Crippen LogP contribution in [-0.2, 0) is 21.9 Å². The van der Waals surface area contributed by atoms with E-state index in [1.807, 2.05) is 41.3 Å².